The van der Waals surface area contributed by atoms with E-state index >= 15 is 0 Å². The van der Waals surface area contributed by atoms with Gasteiger partial charge in [0.05, 0.1) is 17.1 Å². The third kappa shape index (κ3) is 5.36. The van der Waals surface area contributed by atoms with Gasteiger partial charge >= 0.3 is 5.97 Å². The highest BCUT2D eigenvalue weighted by Gasteiger charge is 2.14. The zero-order valence-electron chi connectivity index (χ0n) is 17.0. The number of pyridine rings is 1. The Bertz CT molecular complexity index is 1200. The van der Waals surface area contributed by atoms with Crippen LogP contribution >= 0.6 is 0 Å². The zero-order chi connectivity index (χ0) is 23.1. The molecule has 3 rings (SSSR count). The molecule has 3 aromatic rings. The van der Waals surface area contributed by atoms with Gasteiger partial charge in [0.1, 0.15) is 12.2 Å². The molecule has 2 aromatic carbocycles. The van der Waals surface area contributed by atoms with E-state index in [0.717, 1.165) is 4.73 Å². The number of ether oxygens (including phenoxy) is 1. The first-order chi connectivity index (χ1) is 15.4. The molecule has 32 heavy (non-hydrogen) atoms. The number of carbonyl (C=O) groups excluding carboxylic acids is 2. The molecule has 164 valence electrons. The maximum absolute atomic E-state index is 12.6. The second-order valence-electron chi connectivity index (χ2n) is 6.51. The number of benzene rings is 2. The molecule has 0 bridgehead atoms. The van der Waals surface area contributed by atoms with E-state index in [1.165, 1.54) is 60.8 Å². The van der Waals surface area contributed by atoms with Crippen LogP contribution in [0, 0.1) is 10.1 Å². The smallest absolute Gasteiger partial charge is 0.338 e. The summed E-state index contributed by atoms with van der Waals surface area (Å²) in [6, 6.07) is 14.7. The van der Waals surface area contributed by atoms with E-state index in [2.05, 4.69) is 5.32 Å². The van der Waals surface area contributed by atoms with Crippen LogP contribution in [0.1, 0.15) is 33.2 Å². The van der Waals surface area contributed by atoms with Crippen LogP contribution in [0.25, 0.3) is 0 Å². The van der Waals surface area contributed by atoms with Crippen LogP contribution in [0.15, 0.2) is 71.7 Å². The maximum Gasteiger partial charge on any atom is 0.338 e. The number of hydrogen-bond donors (Lipinski definition) is 1. The molecule has 1 heterocycles. The number of anilines is 1. The van der Waals surface area contributed by atoms with Gasteiger partial charge in [0.25, 0.3) is 17.2 Å². The lowest BCUT2D eigenvalue weighted by Gasteiger charge is -2.10. The first-order valence-corrected chi connectivity index (χ1v) is 9.56. The van der Waals surface area contributed by atoms with Gasteiger partial charge in [-0.05, 0) is 48.9 Å². The van der Waals surface area contributed by atoms with E-state index in [-0.39, 0.29) is 24.5 Å². The van der Waals surface area contributed by atoms with E-state index < -0.39 is 22.4 Å². The third-order valence-corrected chi connectivity index (χ3v) is 4.31. The second kappa shape index (κ2) is 10.0. The van der Waals surface area contributed by atoms with Gasteiger partial charge in [-0.2, -0.15) is 4.73 Å². The number of carbonyl (C=O) groups is 2. The first-order valence-electron chi connectivity index (χ1n) is 9.56. The summed E-state index contributed by atoms with van der Waals surface area (Å²) in [5, 5.41) is 13.5. The summed E-state index contributed by atoms with van der Waals surface area (Å²) in [4.78, 5) is 52.6. The largest absolute Gasteiger partial charge is 0.462 e. The van der Waals surface area contributed by atoms with Gasteiger partial charge in [-0.3, -0.25) is 19.7 Å². The molecule has 1 aromatic heterocycles. The number of rotatable bonds is 8. The number of nitrogens with one attached hydrogen (secondary N) is 1. The molecule has 1 N–H and O–H groups in total. The molecule has 0 fully saturated rings. The van der Waals surface area contributed by atoms with Crippen molar-refractivity contribution in [1.29, 1.82) is 0 Å². The van der Waals surface area contributed by atoms with E-state index in [0.29, 0.717) is 16.8 Å². The summed E-state index contributed by atoms with van der Waals surface area (Å²) in [5.74, 6) is -1.13. The molecule has 0 atom stereocenters. The first kappa shape index (κ1) is 22.2. The molecule has 1 amide bonds. The number of nitrogens with zero attached hydrogens (tertiary/aromatic N) is 2. The quantitative estimate of drug-likeness (QED) is 0.326. The zero-order valence-corrected chi connectivity index (χ0v) is 17.0. The highest BCUT2D eigenvalue weighted by atomic mass is 16.7. The van der Waals surface area contributed by atoms with Crippen molar-refractivity contribution in [1.82, 2.24) is 4.73 Å². The molecular formula is C22H19N3O7. The predicted molar refractivity (Wildman–Crippen MR) is 114 cm³/mol. The molecule has 10 heteroatoms. The van der Waals surface area contributed by atoms with Crippen LogP contribution in [0.3, 0.4) is 0 Å². The number of aromatic nitrogens is 1. The average molecular weight is 437 g/mol. The van der Waals surface area contributed by atoms with E-state index in [1.54, 1.807) is 13.0 Å². The number of hydrogen-bond acceptors (Lipinski definition) is 7. The van der Waals surface area contributed by atoms with E-state index in [1.807, 2.05) is 0 Å². The minimum atomic E-state index is -0.696. The van der Waals surface area contributed by atoms with Crippen molar-refractivity contribution in [3.05, 3.63) is 104 Å². The highest BCUT2D eigenvalue weighted by Crippen LogP contribution is 2.14. The van der Waals surface area contributed by atoms with Gasteiger partial charge in [0.2, 0.25) is 0 Å². The van der Waals surface area contributed by atoms with Crippen molar-refractivity contribution in [3.63, 3.8) is 0 Å². The third-order valence-electron chi connectivity index (χ3n) is 4.31. The molecule has 0 aliphatic rings. The van der Waals surface area contributed by atoms with Gasteiger partial charge in [-0.25, -0.2) is 4.79 Å². The summed E-state index contributed by atoms with van der Waals surface area (Å²) in [6.07, 6.45) is 1.34. The Morgan fingerprint density at radius 3 is 2.53 bits per heavy atom. The normalized spacial score (nSPS) is 10.3. The van der Waals surface area contributed by atoms with Gasteiger partial charge in [-0.15, -0.1) is 0 Å². The minimum Gasteiger partial charge on any atom is -0.462 e. The van der Waals surface area contributed by atoms with Gasteiger partial charge < -0.3 is 14.9 Å². The molecule has 10 nitrogen and oxygen atoms in total. The maximum atomic E-state index is 12.6. The summed E-state index contributed by atoms with van der Waals surface area (Å²) in [6.45, 7) is 1.84. The number of amides is 1. The van der Waals surface area contributed by atoms with Gasteiger partial charge in [0, 0.05) is 24.0 Å². The lowest BCUT2D eigenvalue weighted by Crippen LogP contribution is -2.32. The standard InChI is InChI=1S/C22H19N3O7/c1-2-31-22(28)16-8-10-17(11-9-16)23-20(26)19-7-4-12-24(21(19)27)32-14-15-5-3-6-18(13-15)25(29)30/h3-13H,2,14H2,1H3,(H,23,26). The Labute approximate surface area is 182 Å². The average Bonchev–Trinajstić information content (AvgIpc) is 2.79. The van der Waals surface area contributed by atoms with Crippen molar-refractivity contribution in [2.75, 3.05) is 11.9 Å². The van der Waals surface area contributed by atoms with Gasteiger partial charge in [0.15, 0.2) is 0 Å². The van der Waals surface area contributed by atoms with Crippen LogP contribution in [0.5, 0.6) is 0 Å². The Morgan fingerprint density at radius 2 is 1.84 bits per heavy atom. The number of nitro benzene ring substituents is 1. The van der Waals surface area contributed by atoms with Crippen molar-refractivity contribution in [3.8, 4) is 0 Å². The Hall–Kier alpha value is -4.47. The van der Waals surface area contributed by atoms with Crippen LogP contribution in [-0.4, -0.2) is 28.1 Å². The number of nitro groups is 1. The van der Waals surface area contributed by atoms with E-state index in [4.69, 9.17) is 9.57 Å². The summed E-state index contributed by atoms with van der Waals surface area (Å²) >= 11 is 0. The number of non-ortho nitro benzene ring substituents is 1. The van der Waals surface area contributed by atoms with Crippen molar-refractivity contribution >= 4 is 23.3 Å². The Kier molecular flexibility index (Phi) is 6.96. The molecule has 0 radical (unpaired) electrons. The van der Waals surface area contributed by atoms with Crippen LogP contribution < -0.4 is 15.7 Å². The van der Waals surface area contributed by atoms with Crippen molar-refractivity contribution in [2.45, 2.75) is 13.5 Å². The molecule has 0 saturated heterocycles. The van der Waals surface area contributed by atoms with Gasteiger partial charge in [-0.1, -0.05) is 12.1 Å². The van der Waals surface area contributed by atoms with E-state index in [9.17, 15) is 24.5 Å². The minimum absolute atomic E-state index is 0.0967. The second-order valence-corrected chi connectivity index (χ2v) is 6.51. The van der Waals surface area contributed by atoms with Crippen molar-refractivity contribution in [2.24, 2.45) is 0 Å². The predicted octanol–water partition coefficient (Wildman–Crippen LogP) is 2.81. The molecule has 0 saturated carbocycles. The van der Waals surface area contributed by atoms with Crippen LogP contribution in [-0.2, 0) is 11.3 Å². The lowest BCUT2D eigenvalue weighted by molar-refractivity contribution is -0.384. The molecule has 0 aliphatic heterocycles. The summed E-state index contributed by atoms with van der Waals surface area (Å²) < 4.78 is 5.79. The highest BCUT2D eigenvalue weighted by molar-refractivity contribution is 6.04. The molecule has 0 spiro atoms. The van der Waals surface area contributed by atoms with Crippen molar-refractivity contribution < 1.29 is 24.1 Å². The lowest BCUT2D eigenvalue weighted by atomic mass is 10.2. The Morgan fingerprint density at radius 1 is 1.09 bits per heavy atom. The molecule has 0 unspecified atom stereocenters. The number of esters is 1. The topological polar surface area (TPSA) is 130 Å². The Balaban J connectivity index is 1.70. The molecular weight excluding hydrogens is 418 g/mol. The summed E-state index contributed by atoms with van der Waals surface area (Å²) in [7, 11) is 0. The fourth-order valence-electron chi connectivity index (χ4n) is 2.76. The van der Waals surface area contributed by atoms with Crippen LogP contribution in [0.4, 0.5) is 11.4 Å². The van der Waals surface area contributed by atoms with Crippen LogP contribution in [0.2, 0.25) is 0 Å². The SMILES string of the molecule is CCOC(=O)c1ccc(NC(=O)c2cccn(OCc3cccc([N+](=O)[O-])c3)c2=O)cc1. The summed E-state index contributed by atoms with van der Waals surface area (Å²) in [5.41, 5.74) is 0.250. The fourth-order valence-corrected chi connectivity index (χ4v) is 2.76. The molecule has 0 aliphatic carbocycles. The monoisotopic (exact) mass is 437 g/mol. The fraction of sp³-hybridized carbons (Fsp3) is 0.136.